The quantitative estimate of drug-likeness (QED) is 0.485. The SMILES string of the molecule is CCOC(=O)CCC1(C)O[C@@H]2[C@H](O1)[C@@H](OC)O[C@@H]1COC(C)(CCC(=O)OCC)O[C@@H]21. The Labute approximate surface area is 182 Å². The number of ether oxygens (including phenoxy) is 8. The largest absolute Gasteiger partial charge is 0.466 e. The first kappa shape index (κ1) is 24.3. The average molecular weight is 446 g/mol. The van der Waals surface area contributed by atoms with Gasteiger partial charge >= 0.3 is 11.9 Å². The van der Waals surface area contributed by atoms with Crippen molar-refractivity contribution in [1.82, 2.24) is 0 Å². The summed E-state index contributed by atoms with van der Waals surface area (Å²) in [6.45, 7) is 8.01. The number of carbonyl (C=O) groups excluding carboxylic acids is 2. The van der Waals surface area contributed by atoms with Crippen LogP contribution in [-0.4, -0.2) is 81.1 Å². The number of hydrogen-bond acceptors (Lipinski definition) is 10. The first-order valence-electron chi connectivity index (χ1n) is 10.9. The maximum absolute atomic E-state index is 11.8. The molecular formula is C21H34O10. The summed E-state index contributed by atoms with van der Waals surface area (Å²) in [6, 6.07) is 0. The Morgan fingerprint density at radius 2 is 1.42 bits per heavy atom. The summed E-state index contributed by atoms with van der Waals surface area (Å²) in [5.74, 6) is -2.62. The lowest BCUT2D eigenvalue weighted by molar-refractivity contribution is -0.374. The maximum Gasteiger partial charge on any atom is 0.305 e. The van der Waals surface area contributed by atoms with Crippen LogP contribution in [0.4, 0.5) is 0 Å². The van der Waals surface area contributed by atoms with Gasteiger partial charge in [0.1, 0.15) is 24.4 Å². The zero-order valence-corrected chi connectivity index (χ0v) is 18.9. The highest BCUT2D eigenvalue weighted by atomic mass is 16.8. The molecule has 0 aliphatic carbocycles. The summed E-state index contributed by atoms with van der Waals surface area (Å²) in [6.07, 6.45) is -1.59. The van der Waals surface area contributed by atoms with E-state index in [9.17, 15) is 9.59 Å². The number of methoxy groups -OCH3 is 1. The number of rotatable bonds is 9. The van der Waals surface area contributed by atoms with E-state index < -0.39 is 42.3 Å². The lowest BCUT2D eigenvalue weighted by Gasteiger charge is -2.49. The molecule has 3 heterocycles. The van der Waals surface area contributed by atoms with Gasteiger partial charge in [-0.1, -0.05) is 0 Å². The van der Waals surface area contributed by atoms with E-state index in [0.717, 1.165) is 0 Å². The lowest BCUT2D eigenvalue weighted by Crippen LogP contribution is -2.64. The molecule has 0 N–H and O–H groups in total. The van der Waals surface area contributed by atoms with E-state index in [0.29, 0.717) is 26.1 Å². The van der Waals surface area contributed by atoms with Crippen molar-refractivity contribution in [3.05, 3.63) is 0 Å². The van der Waals surface area contributed by atoms with Gasteiger partial charge in [0.05, 0.1) is 32.7 Å². The van der Waals surface area contributed by atoms with E-state index in [1.807, 2.05) is 0 Å². The van der Waals surface area contributed by atoms with Crippen molar-refractivity contribution in [3.8, 4) is 0 Å². The average Bonchev–Trinajstić information content (AvgIpc) is 3.09. The van der Waals surface area contributed by atoms with Crippen LogP contribution in [0.15, 0.2) is 0 Å². The molecule has 3 aliphatic rings. The molecule has 0 saturated carbocycles. The summed E-state index contributed by atoms with van der Waals surface area (Å²) in [7, 11) is 1.54. The van der Waals surface area contributed by atoms with Gasteiger partial charge in [0.2, 0.25) is 0 Å². The van der Waals surface area contributed by atoms with E-state index >= 15 is 0 Å². The van der Waals surface area contributed by atoms with Crippen LogP contribution < -0.4 is 0 Å². The molecule has 0 aromatic heterocycles. The number of fused-ring (bicyclic) bond motifs is 3. The Kier molecular flexibility index (Phi) is 7.93. The normalized spacial score (nSPS) is 39.5. The zero-order valence-electron chi connectivity index (χ0n) is 18.9. The van der Waals surface area contributed by atoms with Crippen molar-refractivity contribution >= 4 is 11.9 Å². The van der Waals surface area contributed by atoms with Gasteiger partial charge in [-0.2, -0.15) is 0 Å². The van der Waals surface area contributed by atoms with E-state index in [4.69, 9.17) is 37.9 Å². The zero-order chi connectivity index (χ0) is 22.6. The molecule has 0 aromatic carbocycles. The Hall–Kier alpha value is -1.30. The second-order valence-corrected chi connectivity index (χ2v) is 8.21. The third-order valence-corrected chi connectivity index (χ3v) is 5.71. The van der Waals surface area contributed by atoms with Crippen molar-refractivity contribution < 1.29 is 47.5 Å². The minimum Gasteiger partial charge on any atom is -0.466 e. The second kappa shape index (κ2) is 10.1. The van der Waals surface area contributed by atoms with Gasteiger partial charge < -0.3 is 37.9 Å². The highest BCUT2D eigenvalue weighted by molar-refractivity contribution is 5.69. The number of esters is 2. The van der Waals surface area contributed by atoms with Gasteiger partial charge in [-0.3, -0.25) is 9.59 Å². The predicted molar refractivity (Wildman–Crippen MR) is 105 cm³/mol. The molecule has 10 heteroatoms. The van der Waals surface area contributed by atoms with Crippen molar-refractivity contribution in [3.63, 3.8) is 0 Å². The molecule has 2 unspecified atom stereocenters. The summed E-state index contributed by atoms with van der Waals surface area (Å²) >= 11 is 0. The molecule has 0 aromatic rings. The predicted octanol–water partition coefficient (Wildman–Crippen LogP) is 1.68. The van der Waals surface area contributed by atoms with Crippen molar-refractivity contribution in [1.29, 1.82) is 0 Å². The molecule has 178 valence electrons. The standard InChI is InChI=1S/C21H34O10/c1-6-25-14(22)8-10-20(3)27-12-13-16(29-20)17-18(19(24-5)28-13)31-21(4,30-17)11-9-15(23)26-7-2/h13,16-19H,6-12H2,1-5H3/t13-,16-,17+,18+,19+,20?,21?/m1/s1. The molecule has 0 amide bonds. The maximum atomic E-state index is 11.8. The van der Waals surface area contributed by atoms with Gasteiger partial charge in [-0.05, 0) is 27.7 Å². The van der Waals surface area contributed by atoms with Gasteiger partial charge in [0, 0.05) is 20.0 Å². The van der Waals surface area contributed by atoms with Gasteiger partial charge in [0.25, 0.3) is 0 Å². The van der Waals surface area contributed by atoms with Crippen molar-refractivity contribution in [2.45, 2.75) is 95.7 Å². The van der Waals surface area contributed by atoms with Crippen molar-refractivity contribution in [2.24, 2.45) is 0 Å². The highest BCUT2D eigenvalue weighted by Gasteiger charge is 2.60. The third kappa shape index (κ3) is 5.74. The summed E-state index contributed by atoms with van der Waals surface area (Å²) in [4.78, 5) is 23.6. The smallest absolute Gasteiger partial charge is 0.305 e. The Morgan fingerprint density at radius 3 is 2.00 bits per heavy atom. The molecule has 31 heavy (non-hydrogen) atoms. The number of carbonyl (C=O) groups is 2. The molecule has 0 spiro atoms. The van der Waals surface area contributed by atoms with Gasteiger partial charge in [-0.25, -0.2) is 0 Å². The lowest BCUT2D eigenvalue weighted by atomic mass is 9.96. The van der Waals surface area contributed by atoms with Crippen LogP contribution >= 0.6 is 0 Å². The monoisotopic (exact) mass is 446 g/mol. The minimum absolute atomic E-state index is 0.164. The van der Waals surface area contributed by atoms with Crippen LogP contribution in [0, 0.1) is 0 Å². The van der Waals surface area contributed by atoms with Crippen LogP contribution in [0.2, 0.25) is 0 Å². The van der Waals surface area contributed by atoms with E-state index in [-0.39, 0.29) is 31.4 Å². The second-order valence-electron chi connectivity index (χ2n) is 8.21. The van der Waals surface area contributed by atoms with Crippen LogP contribution in [0.1, 0.15) is 53.4 Å². The van der Waals surface area contributed by atoms with E-state index in [1.54, 1.807) is 27.7 Å². The summed E-state index contributed by atoms with van der Waals surface area (Å²) in [5.41, 5.74) is 0. The molecule has 3 saturated heterocycles. The first-order valence-corrected chi connectivity index (χ1v) is 10.9. The van der Waals surface area contributed by atoms with Gasteiger partial charge in [0.15, 0.2) is 17.9 Å². The molecule has 0 bridgehead atoms. The first-order chi connectivity index (χ1) is 14.7. The molecule has 0 radical (unpaired) electrons. The molecule has 3 fully saturated rings. The molecule has 3 rings (SSSR count). The molecule has 7 atom stereocenters. The Balaban J connectivity index is 1.68. The van der Waals surface area contributed by atoms with Gasteiger partial charge in [-0.15, -0.1) is 0 Å². The Bertz CT molecular complexity index is 642. The van der Waals surface area contributed by atoms with Crippen LogP contribution in [-0.2, 0) is 47.5 Å². The summed E-state index contributed by atoms with van der Waals surface area (Å²) in [5, 5.41) is 0. The fourth-order valence-electron chi connectivity index (χ4n) is 4.16. The fraction of sp³-hybridized carbons (Fsp3) is 0.905. The van der Waals surface area contributed by atoms with Crippen LogP contribution in [0.3, 0.4) is 0 Å². The molecule has 10 nitrogen and oxygen atoms in total. The summed E-state index contributed by atoms with van der Waals surface area (Å²) < 4.78 is 46.1. The highest BCUT2D eigenvalue weighted by Crippen LogP contribution is 2.44. The van der Waals surface area contributed by atoms with Crippen LogP contribution in [0.5, 0.6) is 0 Å². The topological polar surface area (TPSA) is 108 Å². The molecular weight excluding hydrogens is 412 g/mol. The van der Waals surface area contributed by atoms with E-state index in [1.165, 1.54) is 7.11 Å². The number of hydrogen-bond donors (Lipinski definition) is 0. The van der Waals surface area contributed by atoms with Crippen molar-refractivity contribution in [2.75, 3.05) is 26.9 Å². The minimum atomic E-state index is -1.01. The van der Waals surface area contributed by atoms with E-state index in [2.05, 4.69) is 0 Å². The molecule has 3 aliphatic heterocycles. The fourth-order valence-corrected chi connectivity index (χ4v) is 4.16. The van der Waals surface area contributed by atoms with Crippen LogP contribution in [0.25, 0.3) is 0 Å². The third-order valence-electron chi connectivity index (χ3n) is 5.71. The Morgan fingerprint density at radius 1 is 0.871 bits per heavy atom.